The summed E-state index contributed by atoms with van der Waals surface area (Å²) in [5, 5.41) is 5.59. The van der Waals surface area contributed by atoms with E-state index >= 15 is 0 Å². The van der Waals surface area contributed by atoms with Gasteiger partial charge in [0, 0.05) is 20.7 Å². The van der Waals surface area contributed by atoms with Gasteiger partial charge in [-0.15, -0.1) is 11.3 Å². The molecule has 0 fully saturated rings. The van der Waals surface area contributed by atoms with Gasteiger partial charge < -0.3 is 0 Å². The van der Waals surface area contributed by atoms with Gasteiger partial charge in [0.2, 0.25) is 0 Å². The number of hydrogen-bond acceptors (Lipinski definition) is 1. The highest BCUT2D eigenvalue weighted by Gasteiger charge is 2.44. The minimum absolute atomic E-state index is 0.152. The average Bonchev–Trinajstić information content (AvgIpc) is 3.31. The van der Waals surface area contributed by atoms with Gasteiger partial charge in [0.25, 0.3) is 0 Å². The Morgan fingerprint density at radius 2 is 1.59 bits per heavy atom. The third-order valence-electron chi connectivity index (χ3n) is 9.13. The summed E-state index contributed by atoms with van der Waals surface area (Å²) in [6, 6.07) is 25.0. The van der Waals surface area contributed by atoms with E-state index in [1.54, 1.807) is 5.56 Å². The molecule has 2 aliphatic carbocycles. The monoisotopic (exact) mass is 524 g/mol. The molecule has 0 N–H and O–H groups in total. The summed E-state index contributed by atoms with van der Waals surface area (Å²) in [5.74, 6) is 0.406. The van der Waals surface area contributed by atoms with Crippen molar-refractivity contribution < 1.29 is 0 Å². The first kappa shape index (κ1) is 24.6. The van der Waals surface area contributed by atoms with Crippen LogP contribution in [0.15, 0.2) is 85.0 Å². The Morgan fingerprint density at radius 1 is 0.872 bits per heavy atom. The molecule has 1 heterocycles. The maximum Gasteiger partial charge on any atom is 0.0408 e. The van der Waals surface area contributed by atoms with Gasteiger partial charge in [0.05, 0.1) is 0 Å². The highest BCUT2D eigenvalue weighted by atomic mass is 32.1. The molecule has 194 valence electrons. The Labute approximate surface area is 236 Å². The van der Waals surface area contributed by atoms with Gasteiger partial charge >= 0.3 is 0 Å². The zero-order valence-electron chi connectivity index (χ0n) is 23.7. The molecule has 5 aromatic rings. The van der Waals surface area contributed by atoms with Crippen LogP contribution in [-0.4, -0.2) is 0 Å². The fourth-order valence-electron chi connectivity index (χ4n) is 7.56. The number of thiophene rings is 1. The molecule has 7 rings (SSSR count). The molecule has 2 unspecified atom stereocenters. The number of aryl methyl sites for hydroxylation is 1. The SMILES string of the molecule is CC/C=C(\CCC)c1c(C)sc2c1C1(C)C=CC(C)c3ccc4c(-c5ccccc5)c5ccccc5c-2c4c31. The van der Waals surface area contributed by atoms with Crippen LogP contribution < -0.4 is 0 Å². The summed E-state index contributed by atoms with van der Waals surface area (Å²) in [6.07, 6.45) is 10.9. The largest absolute Gasteiger partial charge is 0.140 e. The van der Waals surface area contributed by atoms with Crippen LogP contribution >= 0.6 is 11.3 Å². The highest BCUT2D eigenvalue weighted by Crippen LogP contribution is 2.61. The standard InChI is InChI=1S/C38H36S/c1-6-13-25(14-7-2)31-24(4)39-37-34-29-18-12-11-17-28(29)32(26-15-9-8-10-16-26)30-20-19-27-23(3)21-22-38(5,36(31)37)35(27)33(30)34/h8-13,15-23H,6-7,14H2,1-5H3/b25-13+. The lowest BCUT2D eigenvalue weighted by Gasteiger charge is -2.41. The van der Waals surface area contributed by atoms with E-state index in [0.717, 1.165) is 12.8 Å². The quantitative estimate of drug-likeness (QED) is 0.158. The van der Waals surface area contributed by atoms with Crippen LogP contribution in [0.3, 0.4) is 0 Å². The van der Waals surface area contributed by atoms with Crippen molar-refractivity contribution in [3.05, 3.63) is 112 Å². The molecular formula is C38H36S. The molecule has 0 radical (unpaired) electrons. The normalized spacial score (nSPS) is 19.6. The zero-order chi connectivity index (χ0) is 26.9. The summed E-state index contributed by atoms with van der Waals surface area (Å²) in [6.45, 7) is 11.8. The lowest BCUT2D eigenvalue weighted by molar-refractivity contribution is 0.682. The van der Waals surface area contributed by atoms with E-state index in [2.05, 4.69) is 120 Å². The van der Waals surface area contributed by atoms with Gasteiger partial charge in [-0.05, 0) is 93.1 Å². The van der Waals surface area contributed by atoms with Gasteiger partial charge in [0.1, 0.15) is 0 Å². The molecule has 0 bridgehead atoms. The van der Waals surface area contributed by atoms with Crippen molar-refractivity contribution in [2.75, 3.05) is 0 Å². The molecule has 0 nitrogen and oxygen atoms in total. The van der Waals surface area contributed by atoms with E-state index in [4.69, 9.17) is 0 Å². The molecular weight excluding hydrogens is 488 g/mol. The first-order chi connectivity index (χ1) is 19.0. The van der Waals surface area contributed by atoms with Crippen molar-refractivity contribution in [3.8, 4) is 21.6 Å². The maximum absolute atomic E-state index is 2.55. The van der Waals surface area contributed by atoms with E-state index in [1.807, 2.05) is 11.3 Å². The second kappa shape index (κ2) is 9.07. The fourth-order valence-corrected chi connectivity index (χ4v) is 8.93. The summed E-state index contributed by atoms with van der Waals surface area (Å²) in [7, 11) is 0. The summed E-state index contributed by atoms with van der Waals surface area (Å²) < 4.78 is 0. The lowest BCUT2D eigenvalue weighted by atomic mass is 9.61. The summed E-state index contributed by atoms with van der Waals surface area (Å²) >= 11 is 2.02. The molecule has 0 amide bonds. The number of allylic oxidation sites excluding steroid dienone is 4. The third-order valence-corrected chi connectivity index (χ3v) is 10.3. The Bertz CT molecular complexity index is 1830. The van der Waals surface area contributed by atoms with E-state index in [1.165, 1.54) is 76.7 Å². The zero-order valence-corrected chi connectivity index (χ0v) is 24.5. The topological polar surface area (TPSA) is 0 Å². The van der Waals surface area contributed by atoms with Crippen LogP contribution in [-0.2, 0) is 5.41 Å². The first-order valence-corrected chi connectivity index (χ1v) is 15.4. The molecule has 0 aliphatic heterocycles. The molecule has 0 saturated heterocycles. The van der Waals surface area contributed by atoms with Crippen LogP contribution in [0.2, 0.25) is 0 Å². The number of rotatable bonds is 5. The Balaban J connectivity index is 1.73. The van der Waals surface area contributed by atoms with E-state index in [0.29, 0.717) is 5.92 Å². The predicted octanol–water partition coefficient (Wildman–Crippen LogP) is 11.6. The molecule has 2 aliphatic rings. The van der Waals surface area contributed by atoms with Gasteiger partial charge in [-0.1, -0.05) is 112 Å². The van der Waals surface area contributed by atoms with E-state index in [9.17, 15) is 0 Å². The molecule has 0 spiro atoms. The molecule has 1 heteroatoms. The van der Waals surface area contributed by atoms with Gasteiger partial charge in [-0.3, -0.25) is 0 Å². The second-order valence-electron chi connectivity index (χ2n) is 11.6. The molecule has 39 heavy (non-hydrogen) atoms. The van der Waals surface area contributed by atoms with Crippen molar-refractivity contribution >= 4 is 38.5 Å². The second-order valence-corrected chi connectivity index (χ2v) is 12.8. The smallest absolute Gasteiger partial charge is 0.0408 e. The van der Waals surface area contributed by atoms with Crippen molar-refractivity contribution in [2.24, 2.45) is 0 Å². The van der Waals surface area contributed by atoms with Gasteiger partial charge in [0.15, 0.2) is 0 Å². The van der Waals surface area contributed by atoms with Crippen LogP contribution in [0.5, 0.6) is 0 Å². The molecule has 1 aromatic heterocycles. The Kier molecular flexibility index (Phi) is 5.72. The number of fused-ring (bicyclic) bond motifs is 5. The van der Waals surface area contributed by atoms with Crippen LogP contribution in [0.4, 0.5) is 0 Å². The van der Waals surface area contributed by atoms with Crippen molar-refractivity contribution in [3.63, 3.8) is 0 Å². The van der Waals surface area contributed by atoms with Crippen LogP contribution in [0, 0.1) is 6.92 Å². The van der Waals surface area contributed by atoms with Crippen molar-refractivity contribution in [2.45, 2.75) is 65.2 Å². The third kappa shape index (κ3) is 3.36. The minimum Gasteiger partial charge on any atom is -0.140 e. The van der Waals surface area contributed by atoms with Gasteiger partial charge in [-0.2, -0.15) is 0 Å². The van der Waals surface area contributed by atoms with Crippen LogP contribution in [0.25, 0.3) is 48.7 Å². The summed E-state index contributed by atoms with van der Waals surface area (Å²) in [4.78, 5) is 2.94. The predicted molar refractivity (Wildman–Crippen MR) is 172 cm³/mol. The molecule has 2 atom stereocenters. The Hall–Kier alpha value is -3.42. The van der Waals surface area contributed by atoms with Crippen LogP contribution in [0.1, 0.15) is 80.0 Å². The number of benzene rings is 4. The summed E-state index contributed by atoms with van der Waals surface area (Å²) in [5.41, 5.74) is 11.6. The van der Waals surface area contributed by atoms with Gasteiger partial charge in [-0.25, -0.2) is 0 Å². The number of hydrogen-bond donors (Lipinski definition) is 0. The highest BCUT2D eigenvalue weighted by molar-refractivity contribution is 7.16. The first-order valence-electron chi connectivity index (χ1n) is 14.6. The Morgan fingerprint density at radius 3 is 2.31 bits per heavy atom. The molecule has 4 aromatic carbocycles. The fraction of sp³-hybridized carbons (Fsp3) is 0.263. The molecule has 0 saturated carbocycles. The van der Waals surface area contributed by atoms with Crippen molar-refractivity contribution in [1.82, 2.24) is 0 Å². The van der Waals surface area contributed by atoms with Crippen molar-refractivity contribution in [1.29, 1.82) is 0 Å². The lowest BCUT2D eigenvalue weighted by Crippen LogP contribution is -2.30. The van der Waals surface area contributed by atoms with E-state index in [-0.39, 0.29) is 5.41 Å². The van der Waals surface area contributed by atoms with E-state index < -0.39 is 0 Å². The average molecular weight is 525 g/mol. The maximum atomic E-state index is 2.55. The minimum atomic E-state index is -0.152.